The average Bonchev–Trinajstić information content (AvgIpc) is 3.10. The number of rotatable bonds is 6. The molecular weight excluding hydrogens is 494 g/mol. The maximum atomic E-state index is 12.5. The lowest BCUT2D eigenvalue weighted by atomic mass is 10.0. The molecule has 36 heavy (non-hydrogen) atoms. The molecule has 2 saturated carbocycles. The molecule has 2 saturated heterocycles. The van der Waals surface area contributed by atoms with Crippen molar-refractivity contribution in [1.29, 1.82) is 0 Å². The first-order chi connectivity index (χ1) is 17.4. The van der Waals surface area contributed by atoms with Gasteiger partial charge in [-0.15, -0.1) is 11.3 Å². The van der Waals surface area contributed by atoms with E-state index in [0.717, 1.165) is 56.9 Å². The van der Waals surface area contributed by atoms with E-state index in [1.807, 2.05) is 30.5 Å². The van der Waals surface area contributed by atoms with Crippen LogP contribution in [0.2, 0.25) is 5.02 Å². The van der Waals surface area contributed by atoms with Gasteiger partial charge in [0, 0.05) is 39.8 Å². The molecule has 2 aromatic heterocycles. The molecule has 2 unspecified atom stereocenters. The van der Waals surface area contributed by atoms with E-state index in [2.05, 4.69) is 23.7 Å². The number of likely N-dealkylation sites (N-methyl/N-ethyl adjacent to an activating group) is 1. The van der Waals surface area contributed by atoms with E-state index in [4.69, 9.17) is 16.3 Å². The number of carbonyl (C=O) groups is 2. The molecule has 0 N–H and O–H groups in total. The highest BCUT2D eigenvalue weighted by Gasteiger charge is 2.58. The number of imide groups is 1. The number of aromatic nitrogens is 1. The Bertz CT molecular complexity index is 1400. The number of nitrogens with zero attached hydrogens (tertiary/aromatic N) is 3. The molecule has 4 fully saturated rings. The topological polar surface area (TPSA) is 62.7 Å². The second kappa shape index (κ2) is 8.27. The van der Waals surface area contributed by atoms with Crippen molar-refractivity contribution >= 4 is 45.0 Å². The van der Waals surface area contributed by atoms with E-state index >= 15 is 0 Å². The predicted octanol–water partition coefficient (Wildman–Crippen LogP) is 5.29. The number of pyridine rings is 1. The second-order valence-corrected chi connectivity index (χ2v) is 12.3. The van der Waals surface area contributed by atoms with Gasteiger partial charge >= 0.3 is 0 Å². The van der Waals surface area contributed by atoms with Crippen LogP contribution in [0.4, 0.5) is 0 Å². The number of carbonyl (C=O) groups excluding carboxylic acids is 2. The van der Waals surface area contributed by atoms with Crippen LogP contribution >= 0.6 is 22.9 Å². The quantitative estimate of drug-likeness (QED) is 0.412. The zero-order valence-electron chi connectivity index (χ0n) is 20.4. The van der Waals surface area contributed by atoms with Crippen LogP contribution in [0.3, 0.4) is 0 Å². The summed E-state index contributed by atoms with van der Waals surface area (Å²) < 4.78 is 7.83. The highest BCUT2D eigenvalue weighted by molar-refractivity contribution is 7.19. The third kappa shape index (κ3) is 3.51. The zero-order chi connectivity index (χ0) is 24.7. The molecule has 186 valence electrons. The minimum absolute atomic E-state index is 0.0243. The number of benzene rings is 1. The van der Waals surface area contributed by atoms with Crippen molar-refractivity contribution in [3.63, 3.8) is 0 Å². The molecule has 5 atom stereocenters. The molecular formula is C28H28ClN3O3S. The highest BCUT2D eigenvalue weighted by atomic mass is 35.5. The van der Waals surface area contributed by atoms with E-state index in [-0.39, 0.29) is 29.8 Å². The van der Waals surface area contributed by atoms with Gasteiger partial charge in [-0.3, -0.25) is 24.4 Å². The van der Waals surface area contributed by atoms with Crippen LogP contribution in [-0.2, 0) is 16.1 Å². The molecule has 3 aromatic rings. The minimum atomic E-state index is -0.0795. The number of thiophene rings is 1. The monoisotopic (exact) mass is 521 g/mol. The molecule has 4 aliphatic rings. The van der Waals surface area contributed by atoms with Crippen molar-refractivity contribution in [2.75, 3.05) is 13.1 Å². The first kappa shape index (κ1) is 22.7. The first-order valence-electron chi connectivity index (χ1n) is 12.8. The highest BCUT2D eigenvalue weighted by Crippen LogP contribution is 2.48. The molecule has 4 heterocycles. The molecule has 2 bridgehead atoms. The Kier molecular flexibility index (Phi) is 5.21. The number of hydrogen-bond acceptors (Lipinski definition) is 6. The number of hydrogen-bond donors (Lipinski definition) is 0. The first-order valence-corrected chi connectivity index (χ1v) is 14.0. The Morgan fingerprint density at radius 2 is 1.92 bits per heavy atom. The molecule has 2 aliphatic heterocycles. The fraction of sp³-hybridized carbons (Fsp3) is 0.464. The summed E-state index contributed by atoms with van der Waals surface area (Å²) in [4.78, 5) is 34.5. The van der Waals surface area contributed by atoms with Crippen molar-refractivity contribution in [1.82, 2.24) is 14.8 Å². The van der Waals surface area contributed by atoms with E-state index in [1.54, 1.807) is 11.3 Å². The number of fused-ring (bicyclic) bond motifs is 4. The van der Waals surface area contributed by atoms with Gasteiger partial charge in [0.05, 0.1) is 28.6 Å². The number of aryl methyl sites for hydroxylation is 1. The van der Waals surface area contributed by atoms with Crippen LogP contribution in [0, 0.1) is 24.7 Å². The predicted molar refractivity (Wildman–Crippen MR) is 140 cm³/mol. The second-order valence-electron chi connectivity index (χ2n) is 10.7. The summed E-state index contributed by atoms with van der Waals surface area (Å²) in [5, 5.41) is 0.673. The van der Waals surface area contributed by atoms with Crippen molar-refractivity contribution in [3.8, 4) is 16.9 Å². The number of ether oxygens (including phenoxy) is 1. The number of amides is 2. The van der Waals surface area contributed by atoms with E-state index in [9.17, 15) is 9.59 Å². The summed E-state index contributed by atoms with van der Waals surface area (Å²) in [6, 6.07) is 8.45. The maximum absolute atomic E-state index is 12.5. The van der Waals surface area contributed by atoms with Gasteiger partial charge in [0.2, 0.25) is 11.8 Å². The summed E-state index contributed by atoms with van der Waals surface area (Å²) in [7, 11) is 0. The molecule has 8 heteroatoms. The number of piperidine rings is 2. The molecule has 2 amide bonds. The largest absolute Gasteiger partial charge is 0.488 e. The number of halogens is 1. The van der Waals surface area contributed by atoms with E-state index in [0.29, 0.717) is 23.5 Å². The van der Waals surface area contributed by atoms with Crippen LogP contribution < -0.4 is 4.74 Å². The Morgan fingerprint density at radius 3 is 2.67 bits per heavy atom. The Balaban J connectivity index is 1.25. The van der Waals surface area contributed by atoms with Crippen molar-refractivity contribution in [2.45, 2.75) is 51.8 Å². The third-order valence-electron chi connectivity index (χ3n) is 8.47. The summed E-state index contributed by atoms with van der Waals surface area (Å²) in [6.07, 6.45) is 5.02. The SMILES string of the molecule is CCN1C[C@H]2C[C@@H]1[C@H](Oc1c(C)cc(Cl)cc1-c1ccnc3cc(CN4C(=O)C5CC5C4=O)sc13)C2. The number of likely N-dealkylation sites (tertiary alicyclic amines) is 2. The van der Waals surface area contributed by atoms with Crippen LogP contribution in [0.25, 0.3) is 21.3 Å². The molecule has 7 rings (SSSR count). The molecule has 1 aromatic carbocycles. The van der Waals surface area contributed by atoms with Crippen molar-refractivity contribution in [3.05, 3.63) is 45.9 Å². The average molecular weight is 522 g/mol. The van der Waals surface area contributed by atoms with Gasteiger partial charge in [-0.2, -0.15) is 0 Å². The van der Waals surface area contributed by atoms with Crippen LogP contribution in [0.5, 0.6) is 5.75 Å². The Morgan fingerprint density at radius 1 is 1.11 bits per heavy atom. The molecule has 2 aliphatic carbocycles. The maximum Gasteiger partial charge on any atom is 0.233 e. The summed E-state index contributed by atoms with van der Waals surface area (Å²) in [5.41, 5.74) is 3.88. The summed E-state index contributed by atoms with van der Waals surface area (Å²) in [5.74, 6) is 1.40. The fourth-order valence-corrected chi connectivity index (χ4v) is 8.05. The summed E-state index contributed by atoms with van der Waals surface area (Å²) in [6.45, 7) is 6.84. The van der Waals surface area contributed by atoms with E-state index < -0.39 is 0 Å². The van der Waals surface area contributed by atoms with Crippen molar-refractivity contribution in [2.24, 2.45) is 17.8 Å². The Labute approximate surface area is 219 Å². The summed E-state index contributed by atoms with van der Waals surface area (Å²) >= 11 is 8.15. The van der Waals surface area contributed by atoms with E-state index in [1.165, 1.54) is 17.9 Å². The zero-order valence-corrected chi connectivity index (χ0v) is 21.9. The minimum Gasteiger partial charge on any atom is -0.488 e. The standard InChI is InChI=1S/C28H28ClN3O3S/c1-3-31-12-15-7-23(31)24(8-15)35-25-14(2)6-16(29)9-19(25)18-4-5-30-22-10-17(36-26(18)22)13-32-27(33)20-11-21(20)28(32)34/h4-6,9-10,15,20-21,23-24H,3,7-8,11-13H2,1-2H3/t15-,20?,21?,23+,24+/m0/s1. The molecule has 0 spiro atoms. The fourth-order valence-electron chi connectivity index (χ4n) is 6.64. The van der Waals surface area contributed by atoms with Gasteiger partial charge in [-0.05, 0) is 68.5 Å². The molecule has 6 nitrogen and oxygen atoms in total. The Hall–Kier alpha value is -2.48. The third-order valence-corrected chi connectivity index (χ3v) is 9.83. The van der Waals surface area contributed by atoms with Gasteiger partial charge in [0.1, 0.15) is 11.9 Å². The lowest BCUT2D eigenvalue weighted by Gasteiger charge is -2.33. The van der Waals surface area contributed by atoms with Gasteiger partial charge in [-0.1, -0.05) is 18.5 Å². The lowest BCUT2D eigenvalue weighted by Crippen LogP contribution is -2.43. The smallest absolute Gasteiger partial charge is 0.233 e. The van der Waals surface area contributed by atoms with Crippen LogP contribution in [-0.4, -0.2) is 51.8 Å². The van der Waals surface area contributed by atoms with Crippen LogP contribution in [0.1, 0.15) is 36.6 Å². The van der Waals surface area contributed by atoms with Crippen molar-refractivity contribution < 1.29 is 14.3 Å². The van der Waals surface area contributed by atoms with Gasteiger partial charge in [-0.25, -0.2) is 0 Å². The molecule has 0 radical (unpaired) electrons. The lowest BCUT2D eigenvalue weighted by molar-refractivity contribution is -0.141. The van der Waals surface area contributed by atoms with Gasteiger partial charge in [0.15, 0.2) is 0 Å². The van der Waals surface area contributed by atoms with Gasteiger partial charge < -0.3 is 4.74 Å². The van der Waals surface area contributed by atoms with Crippen LogP contribution in [0.15, 0.2) is 30.5 Å². The van der Waals surface area contributed by atoms with Gasteiger partial charge in [0.25, 0.3) is 0 Å². The normalized spacial score (nSPS) is 29.0.